The van der Waals surface area contributed by atoms with Crippen molar-refractivity contribution in [1.29, 1.82) is 0 Å². The molecule has 2 fully saturated rings. The van der Waals surface area contributed by atoms with Crippen molar-refractivity contribution in [3.05, 3.63) is 91.0 Å². The maximum absolute atomic E-state index is 13.0. The minimum absolute atomic E-state index is 0. The number of carboxylic acid groups (broad SMARTS) is 1. The van der Waals surface area contributed by atoms with Gasteiger partial charge in [0.25, 0.3) is 0 Å². The first-order chi connectivity index (χ1) is 36.3. The van der Waals surface area contributed by atoms with E-state index >= 15 is 0 Å². The lowest BCUT2D eigenvalue weighted by atomic mass is 9.98. The van der Waals surface area contributed by atoms with Gasteiger partial charge in [0, 0.05) is 89.7 Å². The number of carbonyl (C=O) groups excluding carboxylic acids is 3. The average Bonchev–Trinajstić information content (AvgIpc) is 4.24. The molecule has 428 valence electrons. The molecule has 2 aliphatic rings. The summed E-state index contributed by atoms with van der Waals surface area (Å²) in [5, 5.41) is 16.8. The Hall–Kier alpha value is -7.37. The topological polar surface area (TPSA) is 260 Å². The number of nitrogens with zero attached hydrogens (tertiary/aromatic N) is 11. The number of carboxylic acids is 1. The third-order valence-electron chi connectivity index (χ3n) is 12.1. The molecule has 4 atom stereocenters. The molecule has 79 heavy (non-hydrogen) atoms. The second-order valence-corrected chi connectivity index (χ2v) is 22.9. The summed E-state index contributed by atoms with van der Waals surface area (Å²) in [5.74, 6) is 3.72. The monoisotopic (exact) mass is 1120 g/mol. The number of carbonyl (C=O) groups is 4. The number of Topliss-reactive ketones (excluding diaryl/α,β-unsaturated/α-hetero) is 1. The van der Waals surface area contributed by atoms with Gasteiger partial charge >= 0.3 is 18.2 Å². The van der Waals surface area contributed by atoms with Crippen LogP contribution in [-0.2, 0) is 19.1 Å². The van der Waals surface area contributed by atoms with Crippen molar-refractivity contribution < 1.29 is 33.8 Å². The number of aryl methyl sites for hydroxylation is 2. The Balaban J connectivity index is 0.000000282. The van der Waals surface area contributed by atoms with Crippen LogP contribution in [0.2, 0.25) is 0 Å². The molecule has 7 heterocycles. The molecule has 8 rings (SSSR count). The average molecular weight is 1130 g/mol. The smallest absolute Gasteiger partial charge is 0.410 e. The van der Waals surface area contributed by atoms with Crippen molar-refractivity contribution in [3.8, 4) is 20.9 Å². The number of aromatic nitrogens is 7. The highest BCUT2D eigenvalue weighted by atomic mass is 32.1. The van der Waals surface area contributed by atoms with Crippen LogP contribution in [0, 0.1) is 19.8 Å². The summed E-state index contributed by atoms with van der Waals surface area (Å²) in [7, 11) is 3.01. The van der Waals surface area contributed by atoms with Gasteiger partial charge in [-0.2, -0.15) is 0 Å². The fourth-order valence-electron chi connectivity index (χ4n) is 7.85. The van der Waals surface area contributed by atoms with Crippen LogP contribution < -0.4 is 26.2 Å². The van der Waals surface area contributed by atoms with Crippen LogP contribution in [0.1, 0.15) is 101 Å². The zero-order valence-electron chi connectivity index (χ0n) is 46.0. The first kappa shape index (κ1) is 64.2. The van der Waals surface area contributed by atoms with E-state index < -0.39 is 41.4 Å². The second-order valence-electron chi connectivity index (χ2n) is 20.9. The molecule has 0 bridgehead atoms. The number of anilines is 6. The lowest BCUT2D eigenvalue weighted by molar-refractivity contribution is -0.142. The van der Waals surface area contributed by atoms with Gasteiger partial charge in [-0.25, -0.2) is 44.3 Å². The summed E-state index contributed by atoms with van der Waals surface area (Å²) >= 11 is 3.15. The fraction of sp³-hybridized carbons (Fsp3) is 0.482. The van der Waals surface area contributed by atoms with Crippen molar-refractivity contribution in [2.45, 2.75) is 133 Å². The molecule has 21 nitrogen and oxygen atoms in total. The lowest BCUT2D eigenvalue weighted by Crippen LogP contribution is -2.43. The fourth-order valence-corrected chi connectivity index (χ4v) is 9.51. The molecular formula is C56H80N14O7S2. The third-order valence-corrected chi connectivity index (χ3v) is 14.1. The summed E-state index contributed by atoms with van der Waals surface area (Å²) in [4.78, 5) is 87.5. The van der Waals surface area contributed by atoms with E-state index in [0.29, 0.717) is 24.6 Å². The number of nitrogens with two attached hydrogens (primary N) is 1. The van der Waals surface area contributed by atoms with E-state index in [1.165, 1.54) is 24.4 Å². The molecular weight excluding hydrogens is 1040 g/mol. The molecule has 0 aliphatic carbocycles. The van der Waals surface area contributed by atoms with Gasteiger partial charge in [0.05, 0.1) is 15.8 Å². The van der Waals surface area contributed by atoms with Gasteiger partial charge in [0.1, 0.15) is 52.2 Å². The number of aliphatic carboxylic acids is 1. The maximum atomic E-state index is 13.0. The number of ketones is 1. The summed E-state index contributed by atoms with van der Waals surface area (Å²) < 4.78 is 10.4. The van der Waals surface area contributed by atoms with Gasteiger partial charge in [0.2, 0.25) is 0 Å². The Morgan fingerprint density at radius 2 is 1.16 bits per heavy atom. The predicted octanol–water partition coefficient (Wildman–Crippen LogP) is 10.9. The molecule has 6 aromatic rings. The van der Waals surface area contributed by atoms with Gasteiger partial charge in [-0.05, 0) is 111 Å². The van der Waals surface area contributed by atoms with E-state index in [0.717, 1.165) is 86.2 Å². The quantitative estimate of drug-likeness (QED) is 0.0790. The molecule has 2 amide bonds. The number of hydrogen-bond donors (Lipinski definition) is 4. The summed E-state index contributed by atoms with van der Waals surface area (Å²) in [6, 6.07) is 16.8. The first-order valence-corrected chi connectivity index (χ1v) is 27.0. The number of rotatable bonds is 14. The Labute approximate surface area is 473 Å². The zero-order chi connectivity index (χ0) is 56.2. The molecule has 23 heteroatoms. The van der Waals surface area contributed by atoms with Gasteiger partial charge in [-0.1, -0.05) is 67.9 Å². The Kier molecular flexibility index (Phi) is 23.1. The lowest BCUT2D eigenvalue weighted by Gasteiger charge is -2.28. The van der Waals surface area contributed by atoms with Crippen molar-refractivity contribution in [1.82, 2.24) is 44.7 Å². The molecule has 0 saturated carbocycles. The number of benzene rings is 1. The van der Waals surface area contributed by atoms with Crippen LogP contribution in [0.15, 0.2) is 79.4 Å². The highest BCUT2D eigenvalue weighted by Gasteiger charge is 2.32. The number of thiazole rings is 2. The molecule has 2 aliphatic heterocycles. The highest BCUT2D eigenvalue weighted by molar-refractivity contribution is 7.19. The van der Waals surface area contributed by atoms with Crippen LogP contribution in [-0.4, -0.2) is 143 Å². The van der Waals surface area contributed by atoms with Crippen molar-refractivity contribution in [3.63, 3.8) is 0 Å². The van der Waals surface area contributed by atoms with Gasteiger partial charge < -0.3 is 45.6 Å². The molecule has 0 spiro atoms. The van der Waals surface area contributed by atoms with Crippen LogP contribution in [0.25, 0.3) is 20.9 Å². The minimum atomic E-state index is -1.06. The molecule has 1 aromatic carbocycles. The standard InChI is InChI=1S/C27H35N7O3S.C18H20N6S.C9H17NO4.2CH4/c1-17(33(6)26(36)37-27(3,4)5)21(35)13-19-9-12-34(16-19)24-14-23(30-18(2)31-24)32-25-29-15-22(38-25)20-7-10-28-11-8-20;1-12-21-16(9-17(22-12)24-8-7-14(19)11-24)23-18-20-10-15(25-18)13-5-3-2-4-6-13;1-6(7(11)12)10(5)8(13)14-9(2,3)4;;/h7-8,10-11,14-15,17,19H,9,12-13,16H2,1-6H3,(H,29,30,31,32);2-6,9-10,14H,7-8,11,19H2,1H3,(H,20,21,22,23);6H,1-5H3,(H,11,12);2*1H4/t17-,19+;14-;6-;;/m000../s1. The van der Waals surface area contributed by atoms with Crippen molar-refractivity contribution in [2.75, 3.05) is 60.7 Å². The number of amides is 2. The maximum Gasteiger partial charge on any atom is 0.410 e. The highest BCUT2D eigenvalue weighted by Crippen LogP contribution is 2.33. The third kappa shape index (κ3) is 19.5. The Morgan fingerprint density at radius 3 is 1.62 bits per heavy atom. The number of pyridine rings is 1. The van der Waals surface area contributed by atoms with E-state index in [4.69, 9.17) is 20.3 Å². The molecule has 2 saturated heterocycles. The number of likely N-dealkylation sites (N-methyl/N-ethyl adjacent to an activating group) is 2. The predicted molar refractivity (Wildman–Crippen MR) is 316 cm³/mol. The largest absolute Gasteiger partial charge is 0.480 e. The number of hydrogen-bond acceptors (Lipinski definition) is 20. The molecule has 0 unspecified atom stereocenters. The zero-order valence-corrected chi connectivity index (χ0v) is 47.6. The normalized spacial score (nSPS) is 15.6. The van der Waals surface area contributed by atoms with Crippen molar-refractivity contribution >= 4 is 80.1 Å². The van der Waals surface area contributed by atoms with Crippen molar-refractivity contribution in [2.24, 2.45) is 11.7 Å². The summed E-state index contributed by atoms with van der Waals surface area (Å²) in [5.41, 5.74) is 7.03. The van der Waals surface area contributed by atoms with Crippen LogP contribution >= 0.6 is 22.7 Å². The molecule has 5 aromatic heterocycles. The molecule has 0 radical (unpaired) electrons. The SMILES string of the molecule is C.C.C[C@@H](C(=O)O)N(C)C(=O)OC(C)(C)C.Cc1nc(Nc2ncc(-c3ccccc3)s2)cc(N2CC[C@H](N)C2)n1.Cc1nc(Nc2ncc(-c3ccncc3)s2)cc(N2CC[C@H](CC(=O)[C@H](C)N(C)C(=O)OC(C)(C)C)C2)n1. The van der Waals surface area contributed by atoms with Crippen LogP contribution in [0.5, 0.6) is 0 Å². The van der Waals surface area contributed by atoms with Gasteiger partial charge in [-0.3, -0.25) is 14.7 Å². The van der Waals surface area contributed by atoms with E-state index in [2.05, 4.69) is 67.5 Å². The Bertz CT molecular complexity index is 2930. The first-order valence-electron chi connectivity index (χ1n) is 25.4. The van der Waals surface area contributed by atoms with Gasteiger partial charge in [0.15, 0.2) is 16.0 Å². The summed E-state index contributed by atoms with van der Waals surface area (Å²) in [6.07, 6.45) is 8.40. The van der Waals surface area contributed by atoms with Crippen LogP contribution in [0.3, 0.4) is 0 Å². The number of nitrogens with one attached hydrogen (secondary N) is 2. The van der Waals surface area contributed by atoms with E-state index in [-0.39, 0.29) is 32.6 Å². The van der Waals surface area contributed by atoms with Crippen LogP contribution in [0.4, 0.5) is 43.1 Å². The Morgan fingerprint density at radius 1 is 0.709 bits per heavy atom. The second kappa shape index (κ2) is 28.5. The summed E-state index contributed by atoms with van der Waals surface area (Å²) in [6.45, 7) is 20.8. The number of ether oxygens (including phenoxy) is 2. The van der Waals surface area contributed by atoms with Gasteiger partial charge in [-0.15, -0.1) is 0 Å². The van der Waals surface area contributed by atoms with E-state index in [1.54, 1.807) is 69.8 Å². The van der Waals surface area contributed by atoms with E-state index in [1.807, 2.05) is 89.5 Å². The van der Waals surface area contributed by atoms with E-state index in [9.17, 15) is 19.2 Å². The molecule has 5 N–H and O–H groups in total. The minimum Gasteiger partial charge on any atom is -0.480 e.